The molecule has 1 fully saturated rings. The third-order valence-corrected chi connectivity index (χ3v) is 4.70. The molecule has 0 spiro atoms. The summed E-state index contributed by atoms with van der Waals surface area (Å²) in [7, 11) is 0. The summed E-state index contributed by atoms with van der Waals surface area (Å²) < 4.78 is 1.87. The predicted molar refractivity (Wildman–Crippen MR) is 96.1 cm³/mol. The van der Waals surface area contributed by atoms with Crippen molar-refractivity contribution in [1.29, 1.82) is 0 Å². The number of aromatic nitrogens is 2. The van der Waals surface area contributed by atoms with Crippen molar-refractivity contribution >= 4 is 0 Å². The first kappa shape index (κ1) is 17.1. The van der Waals surface area contributed by atoms with Crippen LogP contribution < -0.4 is 5.32 Å². The lowest BCUT2D eigenvalue weighted by molar-refractivity contribution is 0.0998. The maximum Gasteiger partial charge on any atom is 0.0645 e. The van der Waals surface area contributed by atoms with Crippen molar-refractivity contribution in [2.75, 3.05) is 26.2 Å². The molecule has 3 rings (SSSR count). The van der Waals surface area contributed by atoms with Crippen LogP contribution in [0.2, 0.25) is 0 Å². The Morgan fingerprint density at radius 2 is 2.00 bits per heavy atom. The number of aliphatic hydroxyl groups is 1. The molecular weight excluding hydrogens is 300 g/mol. The fourth-order valence-electron chi connectivity index (χ4n) is 3.36. The highest BCUT2D eigenvalue weighted by Crippen LogP contribution is 2.17. The Bertz CT molecular complexity index is 586. The molecule has 0 saturated carbocycles. The third kappa shape index (κ3) is 4.90. The van der Waals surface area contributed by atoms with Crippen molar-refractivity contribution in [1.82, 2.24) is 20.0 Å². The normalized spacial score (nSPS) is 17.9. The van der Waals surface area contributed by atoms with Gasteiger partial charge in [-0.2, -0.15) is 5.10 Å². The van der Waals surface area contributed by atoms with Crippen LogP contribution in [0.3, 0.4) is 0 Å². The monoisotopic (exact) mass is 328 g/mol. The first-order valence-electron chi connectivity index (χ1n) is 8.91. The van der Waals surface area contributed by atoms with Gasteiger partial charge < -0.3 is 15.3 Å². The summed E-state index contributed by atoms with van der Waals surface area (Å²) >= 11 is 0. The molecule has 0 amide bonds. The van der Waals surface area contributed by atoms with E-state index in [2.05, 4.69) is 39.6 Å². The highest BCUT2D eigenvalue weighted by atomic mass is 16.3. The Kier molecular flexibility index (Phi) is 6.01. The lowest BCUT2D eigenvalue weighted by Crippen LogP contribution is -2.40. The molecule has 130 valence electrons. The van der Waals surface area contributed by atoms with Crippen LogP contribution in [0.4, 0.5) is 0 Å². The number of likely N-dealkylation sites (tertiary alicyclic amines) is 1. The van der Waals surface area contributed by atoms with Crippen LogP contribution in [0.25, 0.3) is 5.69 Å². The molecule has 24 heavy (non-hydrogen) atoms. The van der Waals surface area contributed by atoms with E-state index in [-0.39, 0.29) is 6.10 Å². The SMILES string of the molecule is C[C@@H](O)CN1CCC(CNCc2ccc(-n3cccn3)cc2)CC1. The van der Waals surface area contributed by atoms with Gasteiger partial charge in [-0.25, -0.2) is 4.68 Å². The molecule has 0 unspecified atom stereocenters. The fraction of sp³-hybridized carbons (Fsp3) is 0.526. The number of benzene rings is 1. The minimum absolute atomic E-state index is 0.218. The molecule has 2 N–H and O–H groups in total. The zero-order valence-electron chi connectivity index (χ0n) is 14.4. The summed E-state index contributed by atoms with van der Waals surface area (Å²) in [5.41, 5.74) is 2.40. The van der Waals surface area contributed by atoms with Gasteiger partial charge in [0.1, 0.15) is 0 Å². The molecule has 5 heteroatoms. The minimum Gasteiger partial charge on any atom is -0.392 e. The van der Waals surface area contributed by atoms with E-state index in [1.54, 1.807) is 6.20 Å². The number of β-amino-alcohol motifs (C(OH)–C–C–N with tert-alkyl or cyclic N) is 1. The van der Waals surface area contributed by atoms with Gasteiger partial charge in [-0.15, -0.1) is 0 Å². The molecule has 1 aromatic heterocycles. The molecule has 0 radical (unpaired) electrons. The smallest absolute Gasteiger partial charge is 0.0645 e. The Morgan fingerprint density at radius 3 is 2.62 bits per heavy atom. The zero-order chi connectivity index (χ0) is 16.8. The summed E-state index contributed by atoms with van der Waals surface area (Å²) in [5.74, 6) is 0.749. The molecule has 5 nitrogen and oxygen atoms in total. The summed E-state index contributed by atoms with van der Waals surface area (Å²) in [6.07, 6.45) is 5.97. The van der Waals surface area contributed by atoms with Crippen molar-refractivity contribution in [2.45, 2.75) is 32.4 Å². The van der Waals surface area contributed by atoms with E-state index in [4.69, 9.17) is 0 Å². The highest BCUT2D eigenvalue weighted by Gasteiger charge is 2.19. The number of hydrogen-bond acceptors (Lipinski definition) is 4. The van der Waals surface area contributed by atoms with Crippen LogP contribution in [-0.4, -0.2) is 52.1 Å². The quantitative estimate of drug-likeness (QED) is 0.817. The topological polar surface area (TPSA) is 53.3 Å². The number of nitrogens with one attached hydrogen (secondary N) is 1. The van der Waals surface area contributed by atoms with Gasteiger partial charge in [-0.3, -0.25) is 0 Å². The van der Waals surface area contributed by atoms with Crippen molar-refractivity contribution in [2.24, 2.45) is 5.92 Å². The Balaban J connectivity index is 1.38. The maximum atomic E-state index is 9.46. The van der Waals surface area contributed by atoms with Gasteiger partial charge in [0.15, 0.2) is 0 Å². The van der Waals surface area contributed by atoms with E-state index in [0.29, 0.717) is 0 Å². The average Bonchev–Trinajstić information content (AvgIpc) is 3.11. The number of rotatable bonds is 7. The van der Waals surface area contributed by atoms with E-state index < -0.39 is 0 Å². The fourth-order valence-corrected chi connectivity index (χ4v) is 3.36. The zero-order valence-corrected chi connectivity index (χ0v) is 14.4. The first-order valence-corrected chi connectivity index (χ1v) is 8.91. The second-order valence-corrected chi connectivity index (χ2v) is 6.84. The van der Waals surface area contributed by atoms with Gasteiger partial charge in [0, 0.05) is 25.5 Å². The largest absolute Gasteiger partial charge is 0.392 e. The maximum absolute atomic E-state index is 9.46. The Morgan fingerprint density at radius 1 is 1.25 bits per heavy atom. The van der Waals surface area contributed by atoms with Gasteiger partial charge in [0.05, 0.1) is 11.8 Å². The second-order valence-electron chi connectivity index (χ2n) is 6.84. The Labute approximate surface area is 144 Å². The van der Waals surface area contributed by atoms with E-state index in [0.717, 1.165) is 44.3 Å². The van der Waals surface area contributed by atoms with Crippen LogP contribution >= 0.6 is 0 Å². The number of nitrogens with zero attached hydrogens (tertiary/aromatic N) is 3. The lowest BCUT2D eigenvalue weighted by Gasteiger charge is -2.32. The second kappa shape index (κ2) is 8.42. The lowest BCUT2D eigenvalue weighted by atomic mass is 9.96. The van der Waals surface area contributed by atoms with Gasteiger partial charge in [0.25, 0.3) is 0 Å². The standard InChI is InChI=1S/C19H28N4O/c1-16(24)15-22-11-7-18(8-12-22)14-20-13-17-3-5-19(6-4-17)23-10-2-9-21-23/h2-6,9-10,16,18,20,24H,7-8,11-15H2,1H3/t16-/m1/s1. The summed E-state index contributed by atoms with van der Waals surface area (Å²) in [5, 5.41) is 17.3. The first-order chi connectivity index (χ1) is 11.7. The molecule has 1 atom stereocenters. The van der Waals surface area contributed by atoms with E-state index in [1.165, 1.54) is 18.4 Å². The average molecular weight is 328 g/mol. The van der Waals surface area contributed by atoms with E-state index >= 15 is 0 Å². The van der Waals surface area contributed by atoms with E-state index in [1.807, 2.05) is 23.9 Å². The molecule has 1 saturated heterocycles. The van der Waals surface area contributed by atoms with Gasteiger partial charge in [0.2, 0.25) is 0 Å². The van der Waals surface area contributed by atoms with Gasteiger partial charge in [-0.05, 0) is 69.1 Å². The van der Waals surface area contributed by atoms with Crippen LogP contribution in [0, 0.1) is 5.92 Å². The van der Waals surface area contributed by atoms with Crippen molar-refractivity contribution in [3.05, 3.63) is 48.3 Å². The molecule has 0 aliphatic carbocycles. The molecule has 1 aliphatic rings. The molecule has 0 bridgehead atoms. The highest BCUT2D eigenvalue weighted by molar-refractivity contribution is 5.33. The number of aliphatic hydroxyl groups excluding tert-OH is 1. The van der Waals surface area contributed by atoms with Crippen LogP contribution in [-0.2, 0) is 6.54 Å². The molecule has 1 aliphatic heterocycles. The van der Waals surface area contributed by atoms with Crippen molar-refractivity contribution < 1.29 is 5.11 Å². The summed E-state index contributed by atoms with van der Waals surface area (Å²) in [4.78, 5) is 2.37. The third-order valence-electron chi connectivity index (χ3n) is 4.70. The number of piperidine rings is 1. The molecular formula is C19H28N4O. The molecule has 2 heterocycles. The van der Waals surface area contributed by atoms with Crippen molar-refractivity contribution in [3.8, 4) is 5.69 Å². The van der Waals surface area contributed by atoms with E-state index in [9.17, 15) is 5.11 Å². The van der Waals surface area contributed by atoms with Crippen LogP contribution in [0.5, 0.6) is 0 Å². The summed E-state index contributed by atoms with van der Waals surface area (Å²) in [6, 6.07) is 10.5. The molecule has 2 aromatic rings. The number of hydrogen-bond donors (Lipinski definition) is 2. The Hall–Kier alpha value is -1.69. The van der Waals surface area contributed by atoms with Crippen molar-refractivity contribution in [3.63, 3.8) is 0 Å². The van der Waals surface area contributed by atoms with Crippen LogP contribution in [0.15, 0.2) is 42.7 Å². The van der Waals surface area contributed by atoms with Crippen LogP contribution in [0.1, 0.15) is 25.3 Å². The minimum atomic E-state index is -0.218. The predicted octanol–water partition coefficient (Wildman–Crippen LogP) is 2.05. The summed E-state index contributed by atoms with van der Waals surface area (Å²) in [6.45, 7) is 6.87. The van der Waals surface area contributed by atoms with Gasteiger partial charge in [-0.1, -0.05) is 12.1 Å². The molecule has 1 aromatic carbocycles. The van der Waals surface area contributed by atoms with Gasteiger partial charge >= 0.3 is 0 Å².